The molecule has 2 rings (SSSR count). The van der Waals surface area contributed by atoms with Crippen LogP contribution in [0, 0.1) is 6.92 Å². The summed E-state index contributed by atoms with van der Waals surface area (Å²) in [6.45, 7) is 2.79. The van der Waals surface area contributed by atoms with Crippen LogP contribution in [-0.2, 0) is 9.53 Å². The maximum Gasteiger partial charge on any atom is 0.246 e. The Kier molecular flexibility index (Phi) is 2.50. The van der Waals surface area contributed by atoms with Crippen molar-refractivity contribution in [2.24, 2.45) is 0 Å². The van der Waals surface area contributed by atoms with Crippen LogP contribution in [0.15, 0.2) is 24.3 Å². The van der Waals surface area contributed by atoms with Gasteiger partial charge in [0.15, 0.2) is 0 Å². The second-order valence-corrected chi connectivity index (χ2v) is 3.51. The van der Waals surface area contributed by atoms with E-state index in [0.717, 1.165) is 5.56 Å². The molecular weight excluding hydrogens is 178 g/mol. The lowest BCUT2D eigenvalue weighted by molar-refractivity contribution is -0.133. The van der Waals surface area contributed by atoms with Gasteiger partial charge in [0, 0.05) is 6.54 Å². The maximum atomic E-state index is 10.9. The first-order valence-corrected chi connectivity index (χ1v) is 4.70. The third kappa shape index (κ3) is 1.93. The molecule has 1 aliphatic rings. The van der Waals surface area contributed by atoms with Crippen LogP contribution in [-0.4, -0.2) is 19.1 Å². The molecule has 1 amide bonds. The highest BCUT2D eigenvalue weighted by molar-refractivity contribution is 5.77. The van der Waals surface area contributed by atoms with Crippen molar-refractivity contribution in [3.05, 3.63) is 35.4 Å². The highest BCUT2D eigenvalue weighted by atomic mass is 16.5. The average Bonchev–Trinajstić information content (AvgIpc) is 2.21. The molecule has 1 atom stereocenters. The molecule has 0 aliphatic carbocycles. The van der Waals surface area contributed by atoms with Crippen LogP contribution in [0.2, 0.25) is 0 Å². The van der Waals surface area contributed by atoms with Gasteiger partial charge < -0.3 is 10.1 Å². The van der Waals surface area contributed by atoms with Crippen molar-refractivity contribution in [3.63, 3.8) is 0 Å². The normalized spacial score (nSPS) is 21.8. The zero-order valence-corrected chi connectivity index (χ0v) is 8.12. The average molecular weight is 191 g/mol. The topological polar surface area (TPSA) is 38.3 Å². The summed E-state index contributed by atoms with van der Waals surface area (Å²) in [5.41, 5.74) is 2.35. The Morgan fingerprint density at radius 3 is 2.64 bits per heavy atom. The number of nitrogens with one attached hydrogen (secondary N) is 1. The van der Waals surface area contributed by atoms with E-state index in [1.165, 1.54) is 5.56 Å². The lowest BCUT2D eigenvalue weighted by Crippen LogP contribution is -2.38. The van der Waals surface area contributed by atoms with Crippen LogP contribution in [0.4, 0.5) is 0 Å². The van der Waals surface area contributed by atoms with Gasteiger partial charge in [0.2, 0.25) is 5.91 Å². The lowest BCUT2D eigenvalue weighted by Gasteiger charge is -2.23. The Balaban J connectivity index is 2.08. The molecule has 1 saturated heterocycles. The molecule has 1 fully saturated rings. The second kappa shape index (κ2) is 3.80. The number of hydrogen-bond donors (Lipinski definition) is 1. The highest BCUT2D eigenvalue weighted by Gasteiger charge is 2.19. The van der Waals surface area contributed by atoms with Crippen molar-refractivity contribution in [1.29, 1.82) is 0 Å². The van der Waals surface area contributed by atoms with E-state index in [4.69, 9.17) is 4.74 Å². The SMILES string of the molecule is Cc1ccc(C2CNC(=O)CO2)cc1. The largest absolute Gasteiger partial charge is 0.362 e. The van der Waals surface area contributed by atoms with Crippen molar-refractivity contribution in [2.75, 3.05) is 13.2 Å². The highest BCUT2D eigenvalue weighted by Crippen LogP contribution is 2.18. The number of rotatable bonds is 1. The van der Waals surface area contributed by atoms with Crippen molar-refractivity contribution in [2.45, 2.75) is 13.0 Å². The summed E-state index contributed by atoms with van der Waals surface area (Å²) in [6.07, 6.45) is 0.00769. The fourth-order valence-electron chi connectivity index (χ4n) is 1.49. The van der Waals surface area contributed by atoms with Gasteiger partial charge in [-0.1, -0.05) is 29.8 Å². The van der Waals surface area contributed by atoms with E-state index in [9.17, 15) is 4.79 Å². The van der Waals surface area contributed by atoms with Gasteiger partial charge in [0.25, 0.3) is 0 Å². The van der Waals surface area contributed by atoms with Crippen molar-refractivity contribution < 1.29 is 9.53 Å². The van der Waals surface area contributed by atoms with Crippen molar-refractivity contribution in [3.8, 4) is 0 Å². The van der Waals surface area contributed by atoms with E-state index >= 15 is 0 Å². The van der Waals surface area contributed by atoms with E-state index < -0.39 is 0 Å². The Morgan fingerprint density at radius 1 is 1.36 bits per heavy atom. The number of benzene rings is 1. The van der Waals surface area contributed by atoms with E-state index in [0.29, 0.717) is 6.54 Å². The van der Waals surface area contributed by atoms with Gasteiger partial charge in [-0.25, -0.2) is 0 Å². The van der Waals surface area contributed by atoms with Crippen LogP contribution < -0.4 is 5.32 Å². The summed E-state index contributed by atoms with van der Waals surface area (Å²) in [5, 5.41) is 2.78. The molecule has 1 unspecified atom stereocenters. The van der Waals surface area contributed by atoms with Crippen molar-refractivity contribution in [1.82, 2.24) is 5.32 Å². The second-order valence-electron chi connectivity index (χ2n) is 3.51. The molecule has 3 nitrogen and oxygen atoms in total. The van der Waals surface area contributed by atoms with Gasteiger partial charge in [-0.3, -0.25) is 4.79 Å². The molecular formula is C11H13NO2. The molecule has 1 N–H and O–H groups in total. The van der Waals surface area contributed by atoms with Crippen LogP contribution in [0.5, 0.6) is 0 Å². The zero-order chi connectivity index (χ0) is 9.97. The summed E-state index contributed by atoms with van der Waals surface area (Å²) < 4.78 is 5.40. The molecule has 1 heterocycles. The first-order valence-electron chi connectivity index (χ1n) is 4.70. The van der Waals surface area contributed by atoms with Crippen LogP contribution in [0.25, 0.3) is 0 Å². The van der Waals surface area contributed by atoms with E-state index in [2.05, 4.69) is 17.4 Å². The van der Waals surface area contributed by atoms with Crippen LogP contribution in [0.3, 0.4) is 0 Å². The molecule has 1 aromatic carbocycles. The smallest absolute Gasteiger partial charge is 0.246 e. The predicted molar refractivity (Wildman–Crippen MR) is 52.9 cm³/mol. The molecule has 1 aliphatic heterocycles. The summed E-state index contributed by atoms with van der Waals surface area (Å²) in [6, 6.07) is 8.18. The zero-order valence-electron chi connectivity index (χ0n) is 8.12. The molecule has 14 heavy (non-hydrogen) atoms. The minimum absolute atomic E-state index is 0.00769. The molecule has 0 aromatic heterocycles. The van der Waals surface area contributed by atoms with Gasteiger partial charge >= 0.3 is 0 Å². The Bertz CT molecular complexity index is 322. The summed E-state index contributed by atoms with van der Waals surface area (Å²) in [7, 11) is 0. The third-order valence-corrected chi connectivity index (χ3v) is 2.35. The Hall–Kier alpha value is -1.35. The molecule has 1 aromatic rings. The van der Waals surface area contributed by atoms with Crippen molar-refractivity contribution >= 4 is 5.91 Å². The quantitative estimate of drug-likeness (QED) is 0.724. The molecule has 0 radical (unpaired) electrons. The fraction of sp³-hybridized carbons (Fsp3) is 0.364. The van der Waals surface area contributed by atoms with Gasteiger partial charge in [0.05, 0.1) is 0 Å². The van der Waals surface area contributed by atoms with Gasteiger partial charge in [-0.05, 0) is 12.5 Å². The molecule has 3 heteroatoms. The number of ether oxygens (including phenoxy) is 1. The molecule has 74 valence electrons. The number of amides is 1. The fourth-order valence-corrected chi connectivity index (χ4v) is 1.49. The lowest BCUT2D eigenvalue weighted by atomic mass is 10.1. The number of aryl methyl sites for hydroxylation is 1. The van der Waals surface area contributed by atoms with E-state index in [1.807, 2.05) is 19.1 Å². The Labute approximate surface area is 83.1 Å². The first-order chi connectivity index (χ1) is 6.75. The Morgan fingerprint density at radius 2 is 2.07 bits per heavy atom. The van der Waals surface area contributed by atoms with Gasteiger partial charge in [0.1, 0.15) is 12.7 Å². The maximum absolute atomic E-state index is 10.9. The third-order valence-electron chi connectivity index (χ3n) is 2.35. The molecule has 0 spiro atoms. The van der Waals surface area contributed by atoms with Crippen LogP contribution >= 0.6 is 0 Å². The van der Waals surface area contributed by atoms with Crippen LogP contribution in [0.1, 0.15) is 17.2 Å². The summed E-state index contributed by atoms with van der Waals surface area (Å²) in [4.78, 5) is 10.9. The number of carbonyl (C=O) groups excluding carboxylic acids is 1. The number of carbonyl (C=O) groups is 1. The summed E-state index contributed by atoms with van der Waals surface area (Å²) >= 11 is 0. The van der Waals surface area contributed by atoms with Gasteiger partial charge in [-0.2, -0.15) is 0 Å². The number of morpholine rings is 1. The minimum atomic E-state index is -0.0339. The van der Waals surface area contributed by atoms with E-state index in [1.54, 1.807) is 0 Å². The van der Waals surface area contributed by atoms with E-state index in [-0.39, 0.29) is 18.6 Å². The molecule has 0 saturated carbocycles. The monoisotopic (exact) mass is 191 g/mol. The predicted octanol–water partition coefficient (Wildman–Crippen LogP) is 1.18. The summed E-state index contributed by atoms with van der Waals surface area (Å²) in [5.74, 6) is -0.0339. The number of hydrogen-bond acceptors (Lipinski definition) is 2. The molecule has 0 bridgehead atoms. The van der Waals surface area contributed by atoms with Gasteiger partial charge in [-0.15, -0.1) is 0 Å². The standard InChI is InChI=1S/C11H13NO2/c1-8-2-4-9(5-3-8)10-6-12-11(13)7-14-10/h2-5,10H,6-7H2,1H3,(H,12,13). The minimum Gasteiger partial charge on any atom is -0.362 e. The first kappa shape index (κ1) is 9.21.